The molecule has 3 fully saturated rings. The largest absolute Gasteiger partial charge is 0.481 e. The van der Waals surface area contributed by atoms with E-state index in [2.05, 4.69) is 14.8 Å². The fraction of sp³-hybridized carbons (Fsp3) is 0.700. The summed E-state index contributed by atoms with van der Waals surface area (Å²) < 4.78 is 5.27. The monoisotopic (exact) mass is 343 g/mol. The Bertz CT molecular complexity index is 629. The topological polar surface area (TPSA) is 45.7 Å². The van der Waals surface area contributed by atoms with Gasteiger partial charge in [-0.1, -0.05) is 25.3 Å². The molecule has 0 aromatic carbocycles. The van der Waals surface area contributed by atoms with E-state index in [0.29, 0.717) is 17.8 Å². The van der Waals surface area contributed by atoms with Crippen molar-refractivity contribution in [2.45, 2.75) is 57.4 Å². The summed E-state index contributed by atoms with van der Waals surface area (Å²) in [5, 5.41) is 0. The summed E-state index contributed by atoms with van der Waals surface area (Å²) in [6, 6.07) is 6.37. The lowest BCUT2D eigenvalue weighted by Crippen LogP contribution is -2.50. The molecule has 4 rings (SSSR count). The van der Waals surface area contributed by atoms with E-state index in [9.17, 15) is 4.79 Å². The molecular weight excluding hydrogens is 314 g/mol. The van der Waals surface area contributed by atoms with Crippen LogP contribution in [-0.4, -0.2) is 48.6 Å². The van der Waals surface area contributed by atoms with Crippen molar-refractivity contribution < 1.29 is 9.53 Å². The van der Waals surface area contributed by atoms with Crippen molar-refractivity contribution in [2.24, 2.45) is 5.41 Å². The molecule has 0 bridgehead atoms. The number of carbonyl (C=O) groups excluding carboxylic acids is 1. The normalized spacial score (nSPS) is 28.0. The minimum atomic E-state index is -0.194. The molecule has 0 radical (unpaired) electrons. The van der Waals surface area contributed by atoms with Crippen LogP contribution in [0.4, 0.5) is 5.82 Å². The molecule has 3 aliphatic rings. The SMILES string of the molecule is COc1cccc(N2CCCC3(CCN(C4CCCCC4)C3=O)C2)n1. The van der Waals surface area contributed by atoms with Gasteiger partial charge in [0.05, 0.1) is 12.5 Å². The van der Waals surface area contributed by atoms with Gasteiger partial charge >= 0.3 is 0 Å². The second kappa shape index (κ2) is 6.85. The van der Waals surface area contributed by atoms with Crippen molar-refractivity contribution in [3.05, 3.63) is 18.2 Å². The number of aromatic nitrogens is 1. The highest BCUT2D eigenvalue weighted by Gasteiger charge is 2.50. The van der Waals surface area contributed by atoms with E-state index in [1.54, 1.807) is 7.11 Å². The molecule has 1 aromatic rings. The van der Waals surface area contributed by atoms with Crippen molar-refractivity contribution >= 4 is 11.7 Å². The standard InChI is InChI=1S/C20H29N3O2/c1-25-18-10-5-9-17(21-18)22-13-6-11-20(15-22)12-14-23(19(20)24)16-7-3-2-4-8-16/h5,9-10,16H,2-4,6-8,11-15H2,1H3. The molecule has 2 saturated heterocycles. The van der Waals surface area contributed by atoms with Gasteiger partial charge < -0.3 is 14.5 Å². The molecule has 1 saturated carbocycles. The first-order valence-electron chi connectivity index (χ1n) is 9.79. The maximum atomic E-state index is 13.3. The maximum Gasteiger partial charge on any atom is 0.230 e. The van der Waals surface area contributed by atoms with E-state index in [1.807, 2.05) is 18.2 Å². The molecule has 1 amide bonds. The van der Waals surface area contributed by atoms with E-state index in [0.717, 1.165) is 44.7 Å². The molecule has 25 heavy (non-hydrogen) atoms. The summed E-state index contributed by atoms with van der Waals surface area (Å²) in [6.45, 7) is 2.72. The number of anilines is 1. The molecule has 5 heteroatoms. The zero-order valence-corrected chi connectivity index (χ0v) is 15.2. The molecule has 2 aliphatic heterocycles. The number of methoxy groups -OCH3 is 1. The van der Waals surface area contributed by atoms with Crippen LogP contribution in [0.1, 0.15) is 51.4 Å². The average Bonchev–Trinajstić information content (AvgIpc) is 2.98. The first kappa shape index (κ1) is 16.7. The molecule has 1 spiro atoms. The van der Waals surface area contributed by atoms with Crippen LogP contribution in [0.5, 0.6) is 5.88 Å². The first-order chi connectivity index (χ1) is 12.2. The van der Waals surface area contributed by atoms with Gasteiger partial charge in [0.25, 0.3) is 0 Å². The fourth-order valence-electron chi connectivity index (χ4n) is 4.99. The van der Waals surface area contributed by atoms with Crippen LogP contribution in [0.2, 0.25) is 0 Å². The van der Waals surface area contributed by atoms with Gasteiger partial charge in [0, 0.05) is 31.7 Å². The van der Waals surface area contributed by atoms with Crippen LogP contribution in [0.15, 0.2) is 18.2 Å². The van der Waals surface area contributed by atoms with Crippen molar-refractivity contribution in [1.82, 2.24) is 9.88 Å². The number of piperidine rings is 1. The Labute approximate surface area is 150 Å². The lowest BCUT2D eigenvalue weighted by atomic mass is 9.78. The van der Waals surface area contributed by atoms with Gasteiger partial charge in [0.15, 0.2) is 0 Å². The number of rotatable bonds is 3. The molecule has 3 heterocycles. The highest BCUT2D eigenvalue weighted by Crippen LogP contribution is 2.43. The molecule has 1 aliphatic carbocycles. The Morgan fingerprint density at radius 3 is 2.76 bits per heavy atom. The van der Waals surface area contributed by atoms with Gasteiger partial charge in [-0.05, 0) is 38.2 Å². The zero-order valence-electron chi connectivity index (χ0n) is 15.2. The van der Waals surface area contributed by atoms with E-state index in [-0.39, 0.29) is 5.41 Å². The van der Waals surface area contributed by atoms with Crippen molar-refractivity contribution in [2.75, 3.05) is 31.6 Å². The van der Waals surface area contributed by atoms with Crippen LogP contribution in [-0.2, 0) is 4.79 Å². The lowest BCUT2D eigenvalue weighted by molar-refractivity contribution is -0.138. The average molecular weight is 343 g/mol. The number of hydrogen-bond acceptors (Lipinski definition) is 4. The summed E-state index contributed by atoms with van der Waals surface area (Å²) in [4.78, 5) is 22.4. The molecule has 136 valence electrons. The highest BCUT2D eigenvalue weighted by molar-refractivity contribution is 5.86. The minimum absolute atomic E-state index is 0.194. The summed E-state index contributed by atoms with van der Waals surface area (Å²) in [5.74, 6) is 1.98. The highest BCUT2D eigenvalue weighted by atomic mass is 16.5. The first-order valence-corrected chi connectivity index (χ1v) is 9.79. The van der Waals surface area contributed by atoms with Crippen molar-refractivity contribution in [3.63, 3.8) is 0 Å². The van der Waals surface area contributed by atoms with Gasteiger partial charge in [0.1, 0.15) is 5.82 Å². The van der Waals surface area contributed by atoms with E-state index >= 15 is 0 Å². The predicted octanol–water partition coefficient (Wildman–Crippen LogP) is 3.24. The van der Waals surface area contributed by atoms with Gasteiger partial charge in [0.2, 0.25) is 11.8 Å². The van der Waals surface area contributed by atoms with Gasteiger partial charge in [-0.3, -0.25) is 4.79 Å². The third-order valence-electron chi connectivity index (χ3n) is 6.38. The Morgan fingerprint density at radius 1 is 1.12 bits per heavy atom. The minimum Gasteiger partial charge on any atom is -0.481 e. The summed E-state index contributed by atoms with van der Waals surface area (Å²) in [7, 11) is 1.65. The predicted molar refractivity (Wildman–Crippen MR) is 97.9 cm³/mol. The van der Waals surface area contributed by atoms with Gasteiger partial charge in [-0.25, -0.2) is 0 Å². The maximum absolute atomic E-state index is 13.3. The number of ether oxygens (including phenoxy) is 1. The number of nitrogens with zero attached hydrogens (tertiary/aromatic N) is 3. The Hall–Kier alpha value is -1.78. The number of amides is 1. The summed E-state index contributed by atoms with van der Waals surface area (Å²) >= 11 is 0. The molecule has 1 atom stereocenters. The van der Waals surface area contributed by atoms with Crippen molar-refractivity contribution in [1.29, 1.82) is 0 Å². The summed E-state index contributed by atoms with van der Waals surface area (Å²) in [5.41, 5.74) is -0.194. The zero-order chi connectivity index (χ0) is 17.3. The Kier molecular flexibility index (Phi) is 4.57. The number of carbonyl (C=O) groups is 1. The lowest BCUT2D eigenvalue weighted by Gasteiger charge is -2.40. The second-order valence-electron chi connectivity index (χ2n) is 7.88. The smallest absolute Gasteiger partial charge is 0.230 e. The number of pyridine rings is 1. The molecular formula is C20H29N3O2. The number of hydrogen-bond donors (Lipinski definition) is 0. The van der Waals surface area contributed by atoms with E-state index in [1.165, 1.54) is 32.1 Å². The van der Waals surface area contributed by atoms with E-state index in [4.69, 9.17) is 4.74 Å². The number of likely N-dealkylation sites (tertiary alicyclic amines) is 1. The van der Waals surface area contributed by atoms with Crippen molar-refractivity contribution in [3.8, 4) is 5.88 Å². The van der Waals surface area contributed by atoms with Crippen LogP contribution in [0, 0.1) is 5.41 Å². The Morgan fingerprint density at radius 2 is 1.96 bits per heavy atom. The van der Waals surface area contributed by atoms with Crippen LogP contribution < -0.4 is 9.64 Å². The molecule has 1 unspecified atom stereocenters. The summed E-state index contributed by atoms with van der Waals surface area (Å²) in [6.07, 6.45) is 9.37. The quantitative estimate of drug-likeness (QED) is 0.845. The van der Waals surface area contributed by atoms with Crippen LogP contribution in [0.3, 0.4) is 0 Å². The second-order valence-corrected chi connectivity index (χ2v) is 7.88. The third-order valence-corrected chi connectivity index (χ3v) is 6.38. The Balaban J connectivity index is 1.51. The molecule has 0 N–H and O–H groups in total. The fourth-order valence-corrected chi connectivity index (χ4v) is 4.99. The van der Waals surface area contributed by atoms with Crippen LogP contribution >= 0.6 is 0 Å². The molecule has 1 aromatic heterocycles. The van der Waals surface area contributed by atoms with Gasteiger partial charge in [-0.2, -0.15) is 4.98 Å². The van der Waals surface area contributed by atoms with Gasteiger partial charge in [-0.15, -0.1) is 0 Å². The third kappa shape index (κ3) is 3.09. The van der Waals surface area contributed by atoms with E-state index < -0.39 is 0 Å². The molecule has 5 nitrogen and oxygen atoms in total. The van der Waals surface area contributed by atoms with Crippen LogP contribution in [0.25, 0.3) is 0 Å².